The van der Waals surface area contributed by atoms with E-state index in [-0.39, 0.29) is 17.0 Å². The summed E-state index contributed by atoms with van der Waals surface area (Å²) in [6.07, 6.45) is 4.81. The Kier molecular flexibility index (Phi) is 3.87. The van der Waals surface area contributed by atoms with Gasteiger partial charge in [0, 0.05) is 11.6 Å². The minimum atomic E-state index is -0.164. The van der Waals surface area contributed by atoms with E-state index in [0.29, 0.717) is 6.04 Å². The highest BCUT2D eigenvalue weighted by Crippen LogP contribution is 2.35. The van der Waals surface area contributed by atoms with E-state index in [1.54, 1.807) is 0 Å². The van der Waals surface area contributed by atoms with Gasteiger partial charge in [-0.2, -0.15) is 0 Å². The van der Waals surface area contributed by atoms with Crippen LogP contribution in [0.25, 0.3) is 0 Å². The average molecular weight is 226 g/mol. The van der Waals surface area contributed by atoms with Gasteiger partial charge in [-0.15, -0.1) is 0 Å². The van der Waals surface area contributed by atoms with Gasteiger partial charge in [0.05, 0.1) is 0 Å². The Labute approximate surface area is 99.4 Å². The predicted molar refractivity (Wildman–Crippen MR) is 67.5 cm³/mol. The number of nitrogens with one attached hydrogen (secondary N) is 2. The van der Waals surface area contributed by atoms with Crippen molar-refractivity contribution in [1.29, 1.82) is 0 Å². The molecule has 1 rings (SSSR count). The maximum Gasteiger partial charge on any atom is 0.315 e. The first-order valence-corrected chi connectivity index (χ1v) is 6.29. The Balaban J connectivity index is 2.49. The predicted octanol–water partition coefficient (Wildman–Crippen LogP) is 3.05. The third-order valence-electron chi connectivity index (χ3n) is 3.30. The standard InChI is InChI=1S/C13H26N2O/c1-12(2,3)15-11(16)14-10-8-6-7-9-13(10,4)5/h10H,6-9H2,1-5H3,(H2,14,15,16). The van der Waals surface area contributed by atoms with Crippen molar-refractivity contribution < 1.29 is 4.79 Å². The van der Waals surface area contributed by atoms with Gasteiger partial charge in [-0.25, -0.2) is 4.79 Å². The number of carbonyl (C=O) groups is 1. The zero-order valence-electron chi connectivity index (χ0n) is 11.3. The molecule has 1 fully saturated rings. The first-order valence-electron chi connectivity index (χ1n) is 6.29. The van der Waals surface area contributed by atoms with Crippen molar-refractivity contribution in [2.24, 2.45) is 5.41 Å². The minimum Gasteiger partial charge on any atom is -0.335 e. The molecule has 1 saturated carbocycles. The quantitative estimate of drug-likeness (QED) is 0.709. The molecule has 2 N–H and O–H groups in total. The molecule has 0 spiro atoms. The summed E-state index contributed by atoms with van der Waals surface area (Å²) in [6.45, 7) is 10.5. The van der Waals surface area contributed by atoms with E-state index in [9.17, 15) is 4.79 Å². The van der Waals surface area contributed by atoms with Gasteiger partial charge >= 0.3 is 6.03 Å². The zero-order chi connectivity index (χ0) is 12.4. The van der Waals surface area contributed by atoms with Crippen molar-refractivity contribution in [3.05, 3.63) is 0 Å². The summed E-state index contributed by atoms with van der Waals surface area (Å²) in [6, 6.07) is 0.274. The molecule has 0 aromatic rings. The van der Waals surface area contributed by atoms with Crippen molar-refractivity contribution in [3.63, 3.8) is 0 Å². The molecule has 0 saturated heterocycles. The molecule has 0 aromatic carbocycles. The molecule has 3 nitrogen and oxygen atoms in total. The number of urea groups is 1. The van der Waals surface area contributed by atoms with Crippen molar-refractivity contribution in [1.82, 2.24) is 10.6 Å². The fraction of sp³-hybridized carbons (Fsp3) is 0.923. The molecule has 0 bridgehead atoms. The molecular formula is C13H26N2O. The lowest BCUT2D eigenvalue weighted by Gasteiger charge is -2.39. The molecule has 1 unspecified atom stereocenters. The SMILES string of the molecule is CC(C)(C)NC(=O)NC1CCCCC1(C)C. The fourth-order valence-electron chi connectivity index (χ4n) is 2.30. The Morgan fingerprint density at radius 1 is 1.25 bits per heavy atom. The fourth-order valence-corrected chi connectivity index (χ4v) is 2.30. The summed E-state index contributed by atoms with van der Waals surface area (Å²) < 4.78 is 0. The van der Waals surface area contributed by atoms with Crippen LogP contribution in [0.15, 0.2) is 0 Å². The van der Waals surface area contributed by atoms with Crippen LogP contribution < -0.4 is 10.6 Å². The zero-order valence-corrected chi connectivity index (χ0v) is 11.3. The van der Waals surface area contributed by atoms with Gasteiger partial charge in [-0.05, 0) is 39.0 Å². The first kappa shape index (κ1) is 13.3. The second-order valence-electron chi connectivity index (χ2n) is 6.64. The van der Waals surface area contributed by atoms with Crippen LogP contribution in [0.2, 0.25) is 0 Å². The average Bonchev–Trinajstić information content (AvgIpc) is 2.05. The van der Waals surface area contributed by atoms with E-state index >= 15 is 0 Å². The smallest absolute Gasteiger partial charge is 0.315 e. The Morgan fingerprint density at radius 2 is 1.88 bits per heavy atom. The van der Waals surface area contributed by atoms with Crippen LogP contribution in [0.3, 0.4) is 0 Å². The molecule has 16 heavy (non-hydrogen) atoms. The summed E-state index contributed by atoms with van der Waals surface area (Å²) in [7, 11) is 0. The molecule has 0 radical (unpaired) electrons. The Morgan fingerprint density at radius 3 is 2.38 bits per heavy atom. The van der Waals surface area contributed by atoms with E-state index in [4.69, 9.17) is 0 Å². The number of hydrogen-bond donors (Lipinski definition) is 2. The summed E-state index contributed by atoms with van der Waals surface area (Å²) in [5.74, 6) is 0. The molecule has 1 atom stereocenters. The van der Waals surface area contributed by atoms with E-state index in [1.165, 1.54) is 19.3 Å². The first-order chi connectivity index (χ1) is 7.21. The van der Waals surface area contributed by atoms with Gasteiger partial charge in [-0.3, -0.25) is 0 Å². The molecule has 0 heterocycles. The van der Waals surface area contributed by atoms with Gasteiger partial charge in [0.2, 0.25) is 0 Å². The van der Waals surface area contributed by atoms with Crippen molar-refractivity contribution >= 4 is 6.03 Å². The lowest BCUT2D eigenvalue weighted by molar-refractivity contribution is 0.163. The number of hydrogen-bond acceptors (Lipinski definition) is 1. The van der Waals surface area contributed by atoms with Crippen LogP contribution in [-0.4, -0.2) is 17.6 Å². The lowest BCUT2D eigenvalue weighted by atomic mass is 9.73. The largest absolute Gasteiger partial charge is 0.335 e. The minimum absolute atomic E-state index is 0.0347. The molecule has 1 aliphatic rings. The summed E-state index contributed by atoms with van der Waals surface area (Å²) in [5.41, 5.74) is 0.0658. The van der Waals surface area contributed by atoms with Crippen LogP contribution in [0, 0.1) is 5.41 Å². The van der Waals surface area contributed by atoms with Crippen molar-refractivity contribution in [2.45, 2.75) is 71.9 Å². The third-order valence-corrected chi connectivity index (χ3v) is 3.30. The van der Waals surface area contributed by atoms with Gasteiger partial charge in [-0.1, -0.05) is 26.7 Å². The maximum absolute atomic E-state index is 11.8. The molecule has 0 aliphatic heterocycles. The van der Waals surface area contributed by atoms with Crippen LogP contribution in [0.1, 0.15) is 60.3 Å². The second kappa shape index (κ2) is 4.64. The van der Waals surface area contributed by atoms with E-state index in [2.05, 4.69) is 24.5 Å². The lowest BCUT2D eigenvalue weighted by Crippen LogP contribution is -2.54. The molecular weight excluding hydrogens is 200 g/mol. The number of amides is 2. The normalized spacial score (nSPS) is 24.9. The maximum atomic E-state index is 11.8. The van der Waals surface area contributed by atoms with E-state index in [0.717, 1.165) is 6.42 Å². The molecule has 0 aromatic heterocycles. The Bertz CT molecular complexity index is 253. The van der Waals surface area contributed by atoms with E-state index in [1.807, 2.05) is 20.8 Å². The van der Waals surface area contributed by atoms with E-state index < -0.39 is 0 Å². The molecule has 3 heteroatoms. The van der Waals surface area contributed by atoms with Gasteiger partial charge in [0.1, 0.15) is 0 Å². The summed E-state index contributed by atoms with van der Waals surface area (Å²) in [5, 5.41) is 6.07. The number of rotatable bonds is 1. The number of carbonyl (C=O) groups excluding carboxylic acids is 1. The van der Waals surface area contributed by atoms with Gasteiger partial charge in [0.15, 0.2) is 0 Å². The highest BCUT2D eigenvalue weighted by Gasteiger charge is 2.33. The van der Waals surface area contributed by atoms with Crippen molar-refractivity contribution in [3.8, 4) is 0 Å². The monoisotopic (exact) mass is 226 g/mol. The van der Waals surface area contributed by atoms with Crippen molar-refractivity contribution in [2.75, 3.05) is 0 Å². The Hall–Kier alpha value is -0.730. The summed E-state index contributed by atoms with van der Waals surface area (Å²) >= 11 is 0. The summed E-state index contributed by atoms with van der Waals surface area (Å²) in [4.78, 5) is 11.8. The molecule has 1 aliphatic carbocycles. The highest BCUT2D eigenvalue weighted by atomic mass is 16.2. The van der Waals surface area contributed by atoms with Crippen LogP contribution in [0.4, 0.5) is 4.79 Å². The van der Waals surface area contributed by atoms with Crippen LogP contribution in [-0.2, 0) is 0 Å². The topological polar surface area (TPSA) is 41.1 Å². The van der Waals surface area contributed by atoms with Crippen LogP contribution in [0.5, 0.6) is 0 Å². The molecule has 94 valence electrons. The molecule has 2 amide bonds. The van der Waals surface area contributed by atoms with Crippen LogP contribution >= 0.6 is 0 Å². The van der Waals surface area contributed by atoms with Gasteiger partial charge in [0.25, 0.3) is 0 Å². The second-order valence-corrected chi connectivity index (χ2v) is 6.64. The third kappa shape index (κ3) is 4.03. The highest BCUT2D eigenvalue weighted by molar-refractivity contribution is 5.75. The van der Waals surface area contributed by atoms with Gasteiger partial charge < -0.3 is 10.6 Å².